The molecule has 2 aromatic carbocycles. The molecule has 0 amide bonds. The van der Waals surface area contributed by atoms with Gasteiger partial charge < -0.3 is 0 Å². The van der Waals surface area contributed by atoms with Crippen LogP contribution in [-0.4, -0.2) is 0 Å². The molecule has 0 bridgehead atoms. The molecule has 0 heteroatoms. The summed E-state index contributed by atoms with van der Waals surface area (Å²) in [6.07, 6.45) is 6.81. The zero-order valence-electron chi connectivity index (χ0n) is 15.9. The van der Waals surface area contributed by atoms with Gasteiger partial charge in [-0.3, -0.25) is 0 Å². The molecule has 0 aliphatic rings. The van der Waals surface area contributed by atoms with Crippen LogP contribution in [0.25, 0.3) is 6.08 Å². The second-order valence-electron chi connectivity index (χ2n) is 7.61. The van der Waals surface area contributed by atoms with Gasteiger partial charge in [0.05, 0.1) is 0 Å². The van der Waals surface area contributed by atoms with Crippen LogP contribution in [0, 0.1) is 5.92 Å². The topological polar surface area (TPSA) is 0 Å². The molecule has 2 rings (SSSR count). The van der Waals surface area contributed by atoms with Crippen LogP contribution in [0.1, 0.15) is 75.1 Å². The number of aryl methyl sites for hydroxylation is 1. The molecule has 0 fully saturated rings. The minimum absolute atomic E-state index is 0.595. The lowest BCUT2D eigenvalue weighted by atomic mass is 9.92. The molecule has 0 aliphatic heterocycles. The van der Waals surface area contributed by atoms with Gasteiger partial charge in [0.2, 0.25) is 0 Å². The maximum Gasteiger partial charge on any atom is -0.0187 e. The highest BCUT2D eigenvalue weighted by atomic mass is 14.1. The first kappa shape index (κ1) is 18.5. The predicted octanol–water partition coefficient (Wildman–Crippen LogP) is 7.22. The van der Waals surface area contributed by atoms with Crippen molar-refractivity contribution in [2.45, 2.75) is 59.3 Å². The van der Waals surface area contributed by atoms with Gasteiger partial charge in [0, 0.05) is 0 Å². The summed E-state index contributed by atoms with van der Waals surface area (Å²) in [6, 6.07) is 18.2. The highest BCUT2D eigenvalue weighted by molar-refractivity contribution is 5.50. The van der Waals surface area contributed by atoms with Crippen LogP contribution in [0.3, 0.4) is 0 Å². The maximum atomic E-state index is 2.33. The van der Waals surface area contributed by atoms with Crippen molar-refractivity contribution < 1.29 is 0 Å². The minimum Gasteiger partial charge on any atom is -0.0814 e. The van der Waals surface area contributed by atoms with Crippen molar-refractivity contribution in [3.63, 3.8) is 0 Å². The first-order chi connectivity index (χ1) is 11.5. The van der Waals surface area contributed by atoms with E-state index in [4.69, 9.17) is 0 Å². The third kappa shape index (κ3) is 5.67. The van der Waals surface area contributed by atoms with E-state index >= 15 is 0 Å². The van der Waals surface area contributed by atoms with Gasteiger partial charge in [-0.05, 0) is 52.8 Å². The fourth-order valence-corrected chi connectivity index (χ4v) is 2.86. The number of allylic oxidation sites excluding steroid dienone is 1. The van der Waals surface area contributed by atoms with Gasteiger partial charge in [0.1, 0.15) is 0 Å². The molecule has 0 aromatic heterocycles. The fourth-order valence-electron chi connectivity index (χ4n) is 2.86. The quantitative estimate of drug-likeness (QED) is 0.505. The lowest BCUT2D eigenvalue weighted by Crippen LogP contribution is -1.97. The van der Waals surface area contributed by atoms with Crippen LogP contribution < -0.4 is 0 Å². The fraction of sp³-hybridized carbons (Fsp3) is 0.417. The van der Waals surface area contributed by atoms with E-state index in [1.807, 2.05) is 0 Å². The van der Waals surface area contributed by atoms with E-state index in [-0.39, 0.29) is 0 Å². The molecule has 1 unspecified atom stereocenters. The molecular formula is C24H32. The smallest absolute Gasteiger partial charge is 0.0187 e. The van der Waals surface area contributed by atoms with E-state index in [2.05, 4.69) is 95.3 Å². The predicted molar refractivity (Wildman–Crippen MR) is 108 cm³/mol. The summed E-state index contributed by atoms with van der Waals surface area (Å²) in [7, 11) is 0. The standard InChI is InChI=1S/C24H32/c1-18(2)6-8-21-12-16-24(17-13-21)20(5)7-9-22-10-14-23(15-11-22)19(3)4/h6,8,10-20H,7,9H2,1-5H3/b8-6+. The van der Waals surface area contributed by atoms with Crippen LogP contribution in [0.2, 0.25) is 0 Å². The van der Waals surface area contributed by atoms with Crippen molar-refractivity contribution in [2.24, 2.45) is 5.92 Å². The molecule has 1 atom stereocenters. The monoisotopic (exact) mass is 320 g/mol. The van der Waals surface area contributed by atoms with E-state index in [1.165, 1.54) is 28.7 Å². The largest absolute Gasteiger partial charge is 0.0814 e. The van der Waals surface area contributed by atoms with Crippen LogP contribution >= 0.6 is 0 Å². The molecule has 0 aliphatic carbocycles. The lowest BCUT2D eigenvalue weighted by molar-refractivity contribution is 0.679. The van der Waals surface area contributed by atoms with Gasteiger partial charge in [-0.25, -0.2) is 0 Å². The highest BCUT2D eigenvalue weighted by Gasteiger charge is 2.06. The Labute approximate surface area is 148 Å². The third-order valence-electron chi connectivity index (χ3n) is 4.69. The van der Waals surface area contributed by atoms with Crippen LogP contribution in [0.5, 0.6) is 0 Å². The summed E-state index contributed by atoms with van der Waals surface area (Å²) in [4.78, 5) is 0. The van der Waals surface area contributed by atoms with Crippen molar-refractivity contribution in [2.75, 3.05) is 0 Å². The summed E-state index contributed by atoms with van der Waals surface area (Å²) in [6.45, 7) is 11.2. The Morgan fingerprint density at radius 2 is 1.33 bits per heavy atom. The molecule has 0 saturated heterocycles. The Bertz CT molecular complexity index is 627. The molecule has 128 valence electrons. The molecule has 0 spiro atoms. The Kier molecular flexibility index (Phi) is 6.85. The molecule has 0 radical (unpaired) electrons. The molecule has 0 heterocycles. The molecule has 0 saturated carbocycles. The highest BCUT2D eigenvalue weighted by Crippen LogP contribution is 2.23. The van der Waals surface area contributed by atoms with Gasteiger partial charge in [-0.1, -0.05) is 95.3 Å². The Morgan fingerprint density at radius 3 is 1.88 bits per heavy atom. The van der Waals surface area contributed by atoms with Gasteiger partial charge in [-0.15, -0.1) is 0 Å². The Balaban J connectivity index is 1.91. The van der Waals surface area contributed by atoms with Gasteiger partial charge >= 0.3 is 0 Å². The first-order valence-electron chi connectivity index (χ1n) is 9.32. The average Bonchev–Trinajstić information content (AvgIpc) is 2.58. The summed E-state index contributed by atoms with van der Waals surface area (Å²) >= 11 is 0. The molecule has 24 heavy (non-hydrogen) atoms. The van der Waals surface area contributed by atoms with Gasteiger partial charge in [-0.2, -0.15) is 0 Å². The summed E-state index contributed by atoms with van der Waals surface area (Å²) in [5.74, 6) is 1.81. The maximum absolute atomic E-state index is 2.33. The van der Waals surface area contributed by atoms with Crippen molar-refractivity contribution in [1.82, 2.24) is 0 Å². The average molecular weight is 321 g/mol. The number of benzene rings is 2. The van der Waals surface area contributed by atoms with Crippen molar-refractivity contribution >= 4 is 6.08 Å². The molecule has 0 nitrogen and oxygen atoms in total. The SMILES string of the molecule is CC(C)/C=C/c1ccc(C(C)CCc2ccc(C(C)C)cc2)cc1. The summed E-state index contributed by atoms with van der Waals surface area (Å²) in [5, 5.41) is 0. The normalized spacial score (nSPS) is 13.1. The van der Waals surface area contributed by atoms with Crippen molar-refractivity contribution in [3.8, 4) is 0 Å². The van der Waals surface area contributed by atoms with Gasteiger partial charge in [0.25, 0.3) is 0 Å². The number of hydrogen-bond acceptors (Lipinski definition) is 0. The van der Waals surface area contributed by atoms with E-state index in [9.17, 15) is 0 Å². The van der Waals surface area contributed by atoms with E-state index in [0.29, 0.717) is 17.8 Å². The Hall–Kier alpha value is -1.82. The summed E-state index contributed by atoms with van der Waals surface area (Å²) < 4.78 is 0. The van der Waals surface area contributed by atoms with E-state index in [1.54, 1.807) is 0 Å². The first-order valence-corrected chi connectivity index (χ1v) is 9.32. The van der Waals surface area contributed by atoms with Gasteiger partial charge in [0.15, 0.2) is 0 Å². The second kappa shape index (κ2) is 8.87. The third-order valence-corrected chi connectivity index (χ3v) is 4.69. The lowest BCUT2D eigenvalue weighted by Gasteiger charge is -2.13. The van der Waals surface area contributed by atoms with Crippen molar-refractivity contribution in [1.29, 1.82) is 0 Å². The van der Waals surface area contributed by atoms with E-state index in [0.717, 1.165) is 6.42 Å². The number of hydrogen-bond donors (Lipinski definition) is 0. The van der Waals surface area contributed by atoms with E-state index < -0.39 is 0 Å². The van der Waals surface area contributed by atoms with Crippen molar-refractivity contribution in [3.05, 3.63) is 76.9 Å². The van der Waals surface area contributed by atoms with Crippen LogP contribution in [0.4, 0.5) is 0 Å². The zero-order chi connectivity index (χ0) is 17.5. The Morgan fingerprint density at radius 1 is 0.750 bits per heavy atom. The minimum atomic E-state index is 0.595. The summed E-state index contributed by atoms with van der Waals surface area (Å²) in [5.41, 5.74) is 5.61. The van der Waals surface area contributed by atoms with Crippen LogP contribution in [-0.2, 0) is 6.42 Å². The van der Waals surface area contributed by atoms with Crippen LogP contribution in [0.15, 0.2) is 54.6 Å². The molecular weight excluding hydrogens is 288 g/mol. The number of rotatable bonds is 7. The molecule has 0 N–H and O–H groups in total. The molecule has 2 aromatic rings. The second-order valence-corrected chi connectivity index (χ2v) is 7.61. The zero-order valence-corrected chi connectivity index (χ0v) is 15.9.